The van der Waals surface area contributed by atoms with Crippen molar-refractivity contribution in [2.24, 2.45) is 0 Å². The predicted octanol–water partition coefficient (Wildman–Crippen LogP) is 1.54. The molecule has 1 amide bonds. The van der Waals surface area contributed by atoms with Crippen LogP contribution >= 0.6 is 11.6 Å². The molecular weight excluding hydrogens is 344 g/mol. The standard InChI is InChI=1S/C16H21ClN6O2/c1-18-16(8-2-3-9-16)14-20-21-22-23(14)10-11-25-15(24)19-13-6-4-12(17)5-7-13/h4-7,18H,2-3,8-11H2,1H3,(H,19,24)/p+1. The summed E-state index contributed by atoms with van der Waals surface area (Å²) in [4.78, 5) is 11.9. The van der Waals surface area contributed by atoms with E-state index in [-0.39, 0.29) is 12.1 Å². The maximum atomic E-state index is 11.9. The van der Waals surface area contributed by atoms with Gasteiger partial charge in [-0.2, -0.15) is 0 Å². The fourth-order valence-corrected chi connectivity index (χ4v) is 3.40. The third kappa shape index (κ3) is 4.08. The number of ether oxygens (including phenoxy) is 1. The summed E-state index contributed by atoms with van der Waals surface area (Å²) in [6.45, 7) is 0.614. The van der Waals surface area contributed by atoms with Crippen LogP contribution < -0.4 is 10.6 Å². The van der Waals surface area contributed by atoms with Gasteiger partial charge in [-0.25, -0.2) is 9.48 Å². The van der Waals surface area contributed by atoms with Crippen molar-refractivity contribution in [3.63, 3.8) is 0 Å². The van der Waals surface area contributed by atoms with Crippen LogP contribution in [0.1, 0.15) is 31.5 Å². The van der Waals surface area contributed by atoms with Gasteiger partial charge in [0.1, 0.15) is 6.61 Å². The Morgan fingerprint density at radius 3 is 2.76 bits per heavy atom. The highest BCUT2D eigenvalue weighted by molar-refractivity contribution is 6.30. The molecule has 9 heteroatoms. The van der Waals surface area contributed by atoms with Crippen LogP contribution in [0, 0.1) is 0 Å². The number of amides is 1. The van der Waals surface area contributed by atoms with Crippen molar-refractivity contribution in [2.45, 2.75) is 37.8 Å². The summed E-state index contributed by atoms with van der Waals surface area (Å²) in [5.41, 5.74) is 0.567. The Morgan fingerprint density at radius 2 is 2.08 bits per heavy atom. The van der Waals surface area contributed by atoms with E-state index in [9.17, 15) is 4.79 Å². The molecule has 0 atom stereocenters. The highest BCUT2D eigenvalue weighted by Gasteiger charge is 2.42. The number of rotatable bonds is 6. The first kappa shape index (κ1) is 17.6. The van der Waals surface area contributed by atoms with Crippen LogP contribution in [0.5, 0.6) is 0 Å². The fourth-order valence-electron chi connectivity index (χ4n) is 3.27. The first-order valence-corrected chi connectivity index (χ1v) is 8.77. The van der Waals surface area contributed by atoms with Crippen LogP contribution in [0.2, 0.25) is 5.02 Å². The number of hydrogen-bond acceptors (Lipinski definition) is 5. The van der Waals surface area contributed by atoms with Crippen molar-refractivity contribution in [1.29, 1.82) is 0 Å². The van der Waals surface area contributed by atoms with Crippen molar-refractivity contribution in [1.82, 2.24) is 20.2 Å². The second kappa shape index (κ2) is 7.79. The van der Waals surface area contributed by atoms with Gasteiger partial charge in [0.15, 0.2) is 5.54 Å². The number of nitrogens with one attached hydrogen (secondary N) is 1. The number of anilines is 1. The van der Waals surface area contributed by atoms with Crippen LogP contribution in [0.3, 0.4) is 0 Å². The number of quaternary nitrogens is 1. The number of carbonyl (C=O) groups excluding carboxylic acids is 1. The summed E-state index contributed by atoms with van der Waals surface area (Å²) in [5, 5.41) is 17.5. The molecule has 1 heterocycles. The Morgan fingerprint density at radius 1 is 1.36 bits per heavy atom. The van der Waals surface area contributed by atoms with Crippen LogP contribution in [-0.2, 0) is 16.8 Å². The van der Waals surface area contributed by atoms with Gasteiger partial charge >= 0.3 is 6.09 Å². The SMILES string of the molecule is C[NH2+]C1(c2nnnn2CCOC(=O)Nc2ccc(Cl)cc2)CCCC1. The van der Waals surface area contributed by atoms with E-state index in [1.807, 2.05) is 0 Å². The molecule has 2 aromatic rings. The summed E-state index contributed by atoms with van der Waals surface area (Å²) in [6.07, 6.45) is 3.95. The van der Waals surface area contributed by atoms with E-state index in [0.29, 0.717) is 17.3 Å². The Hall–Kier alpha value is -2.19. The summed E-state index contributed by atoms with van der Waals surface area (Å²) >= 11 is 5.81. The molecule has 1 aliphatic rings. The van der Waals surface area contributed by atoms with Gasteiger partial charge < -0.3 is 10.1 Å². The van der Waals surface area contributed by atoms with Gasteiger partial charge in [0, 0.05) is 23.6 Å². The Bertz CT molecular complexity index is 712. The summed E-state index contributed by atoms with van der Waals surface area (Å²) in [5.74, 6) is 0.856. The van der Waals surface area contributed by atoms with Gasteiger partial charge in [0.2, 0.25) is 5.82 Å². The van der Waals surface area contributed by atoms with Gasteiger partial charge in [-0.3, -0.25) is 5.32 Å². The van der Waals surface area contributed by atoms with Crippen molar-refractivity contribution in [3.8, 4) is 0 Å². The molecule has 1 saturated carbocycles. The minimum Gasteiger partial charge on any atom is -0.447 e. The Kier molecular flexibility index (Phi) is 5.50. The molecule has 1 aliphatic carbocycles. The highest BCUT2D eigenvalue weighted by Crippen LogP contribution is 2.33. The molecule has 0 radical (unpaired) electrons. The second-order valence-corrected chi connectivity index (χ2v) is 6.58. The molecule has 0 saturated heterocycles. The van der Waals surface area contributed by atoms with E-state index < -0.39 is 6.09 Å². The molecule has 1 aromatic heterocycles. The predicted molar refractivity (Wildman–Crippen MR) is 92.2 cm³/mol. The molecule has 0 aliphatic heterocycles. The Labute approximate surface area is 150 Å². The quantitative estimate of drug-likeness (QED) is 0.809. The van der Waals surface area contributed by atoms with E-state index in [4.69, 9.17) is 16.3 Å². The number of halogens is 1. The van der Waals surface area contributed by atoms with Gasteiger partial charge in [0.25, 0.3) is 0 Å². The maximum absolute atomic E-state index is 11.9. The third-order valence-corrected chi connectivity index (χ3v) is 4.90. The molecule has 3 rings (SSSR count). The number of nitrogens with zero attached hydrogens (tertiary/aromatic N) is 4. The second-order valence-electron chi connectivity index (χ2n) is 6.15. The van der Waals surface area contributed by atoms with Gasteiger partial charge in [-0.15, -0.1) is 5.10 Å². The fraction of sp³-hybridized carbons (Fsp3) is 0.500. The maximum Gasteiger partial charge on any atom is 0.411 e. The largest absolute Gasteiger partial charge is 0.447 e. The molecule has 1 aromatic carbocycles. The first-order valence-electron chi connectivity index (χ1n) is 8.39. The van der Waals surface area contributed by atoms with Gasteiger partial charge in [-0.05, 0) is 47.5 Å². The first-order chi connectivity index (χ1) is 12.1. The summed E-state index contributed by atoms with van der Waals surface area (Å²) in [7, 11) is 2.06. The van der Waals surface area contributed by atoms with E-state index >= 15 is 0 Å². The van der Waals surface area contributed by atoms with Crippen molar-refractivity contribution in [2.75, 3.05) is 19.0 Å². The summed E-state index contributed by atoms with van der Waals surface area (Å²) in [6, 6.07) is 6.83. The number of hydrogen-bond donors (Lipinski definition) is 2. The normalized spacial score (nSPS) is 15.9. The highest BCUT2D eigenvalue weighted by atomic mass is 35.5. The molecular formula is C16H22ClN6O2+. The third-order valence-electron chi connectivity index (χ3n) is 4.65. The average Bonchev–Trinajstić information content (AvgIpc) is 3.26. The van der Waals surface area contributed by atoms with E-state index in [2.05, 4.69) is 33.2 Å². The van der Waals surface area contributed by atoms with Crippen LogP contribution in [0.4, 0.5) is 10.5 Å². The smallest absolute Gasteiger partial charge is 0.411 e. The zero-order valence-corrected chi connectivity index (χ0v) is 14.9. The Balaban J connectivity index is 1.53. The molecule has 25 heavy (non-hydrogen) atoms. The number of tetrazole rings is 1. The lowest BCUT2D eigenvalue weighted by molar-refractivity contribution is -0.714. The van der Waals surface area contributed by atoms with Crippen LogP contribution in [0.25, 0.3) is 0 Å². The minimum absolute atomic E-state index is 0.0605. The number of carbonyl (C=O) groups is 1. The topological polar surface area (TPSA) is 98.5 Å². The van der Waals surface area contributed by atoms with Crippen LogP contribution in [-0.4, -0.2) is 40.0 Å². The van der Waals surface area contributed by atoms with E-state index in [0.717, 1.165) is 18.7 Å². The zero-order chi connectivity index (χ0) is 17.7. The lowest BCUT2D eigenvalue weighted by Crippen LogP contribution is -2.91. The molecule has 0 spiro atoms. The molecule has 0 unspecified atom stereocenters. The van der Waals surface area contributed by atoms with E-state index in [1.165, 1.54) is 12.8 Å². The minimum atomic E-state index is -0.519. The van der Waals surface area contributed by atoms with Gasteiger partial charge in [0.05, 0.1) is 13.6 Å². The van der Waals surface area contributed by atoms with Crippen LogP contribution in [0.15, 0.2) is 24.3 Å². The molecule has 134 valence electrons. The van der Waals surface area contributed by atoms with Crippen molar-refractivity contribution < 1.29 is 14.8 Å². The number of aromatic nitrogens is 4. The lowest BCUT2D eigenvalue weighted by atomic mass is 9.97. The van der Waals surface area contributed by atoms with E-state index in [1.54, 1.807) is 28.9 Å². The van der Waals surface area contributed by atoms with Gasteiger partial charge in [-0.1, -0.05) is 11.6 Å². The molecule has 1 fully saturated rings. The van der Waals surface area contributed by atoms with Crippen molar-refractivity contribution >= 4 is 23.4 Å². The molecule has 8 nitrogen and oxygen atoms in total. The monoisotopic (exact) mass is 365 g/mol. The van der Waals surface area contributed by atoms with Crippen molar-refractivity contribution in [3.05, 3.63) is 35.1 Å². The number of benzene rings is 1. The average molecular weight is 366 g/mol. The lowest BCUT2D eigenvalue weighted by Gasteiger charge is -2.23. The number of nitrogens with two attached hydrogens (primary N) is 1. The molecule has 3 N–H and O–H groups in total. The zero-order valence-electron chi connectivity index (χ0n) is 14.1. The summed E-state index contributed by atoms with van der Waals surface area (Å²) < 4.78 is 6.96. The molecule has 0 bridgehead atoms.